The van der Waals surface area contributed by atoms with E-state index in [0.717, 1.165) is 0 Å². The summed E-state index contributed by atoms with van der Waals surface area (Å²) in [7, 11) is 0. The molecule has 0 amide bonds. The Balaban J connectivity index is 5.96. The molecule has 0 saturated heterocycles. The van der Waals surface area contributed by atoms with Crippen LogP contribution >= 0.6 is 0 Å². The van der Waals surface area contributed by atoms with Gasteiger partial charge in [-0.1, -0.05) is 0 Å². The highest BCUT2D eigenvalue weighted by atomic mass is 19.4. The number of hydrogen-bond acceptors (Lipinski definition) is 0. The van der Waals surface area contributed by atoms with Crippen LogP contribution in [0.25, 0.3) is 0 Å². The first-order valence-electron chi connectivity index (χ1n) is 3.77. The molecular weight excluding hydrogens is 312 g/mol. The smallest absolute Gasteiger partial charge is 0.192 e. The number of halogens is 12. The van der Waals surface area contributed by atoms with Crippen LogP contribution < -0.4 is 0 Å². The van der Waals surface area contributed by atoms with Crippen LogP contribution in [-0.2, 0) is 0 Å². The van der Waals surface area contributed by atoms with Gasteiger partial charge in [0.05, 0.1) is 0 Å². The summed E-state index contributed by atoms with van der Waals surface area (Å²) in [6.45, 7) is 0. The number of hydrogen-bond donors (Lipinski definition) is 0. The molecule has 0 saturated carbocycles. The standard InChI is InChI=1S/C7F12/c8-2-1-3(9,10)4(11,12)5(13,14)6(15,16)7(17,18)19. The molecule has 0 nitrogen and oxygen atoms in total. The van der Waals surface area contributed by atoms with Crippen LogP contribution in [0.5, 0.6) is 0 Å². The molecule has 0 aromatic rings. The second-order valence-electron chi connectivity index (χ2n) is 3.01. The summed E-state index contributed by atoms with van der Waals surface area (Å²) in [5.74, 6) is -29.2. The lowest BCUT2D eigenvalue weighted by molar-refractivity contribution is -0.415. The molecular formula is C7F12. The largest absolute Gasteiger partial charge is 0.460 e. The fourth-order valence-corrected chi connectivity index (χ4v) is 0.710. The van der Waals surface area contributed by atoms with Gasteiger partial charge in [-0.2, -0.15) is 48.3 Å². The van der Waals surface area contributed by atoms with Crippen molar-refractivity contribution >= 4 is 0 Å². The second-order valence-corrected chi connectivity index (χ2v) is 3.01. The Labute approximate surface area is 95.9 Å². The normalized spacial score (nSPS) is 14.9. The average molecular weight is 312 g/mol. The minimum Gasteiger partial charge on any atom is -0.192 e. The lowest BCUT2D eigenvalue weighted by Crippen LogP contribution is -2.66. The molecule has 0 fully saturated rings. The van der Waals surface area contributed by atoms with Gasteiger partial charge in [-0.15, -0.1) is 4.39 Å². The third-order valence-corrected chi connectivity index (χ3v) is 1.74. The van der Waals surface area contributed by atoms with Gasteiger partial charge in [0.25, 0.3) is 0 Å². The lowest BCUT2D eigenvalue weighted by Gasteiger charge is -2.35. The van der Waals surface area contributed by atoms with Gasteiger partial charge < -0.3 is 0 Å². The molecule has 112 valence electrons. The van der Waals surface area contributed by atoms with Crippen molar-refractivity contribution in [2.24, 2.45) is 0 Å². The monoisotopic (exact) mass is 312 g/mol. The molecule has 0 spiro atoms. The molecule has 0 rings (SSSR count). The molecule has 0 aliphatic rings. The van der Waals surface area contributed by atoms with Crippen molar-refractivity contribution in [3.05, 3.63) is 0 Å². The van der Waals surface area contributed by atoms with E-state index < -0.39 is 42.0 Å². The summed E-state index contributed by atoms with van der Waals surface area (Å²) in [6.07, 6.45) is -7.70. The topological polar surface area (TPSA) is 0 Å². The van der Waals surface area contributed by atoms with Gasteiger partial charge in [-0.25, -0.2) is 0 Å². The Morgan fingerprint density at radius 3 is 1.16 bits per heavy atom. The van der Waals surface area contributed by atoms with Crippen LogP contribution in [0.2, 0.25) is 0 Å². The van der Waals surface area contributed by atoms with Gasteiger partial charge >= 0.3 is 29.9 Å². The molecule has 19 heavy (non-hydrogen) atoms. The Morgan fingerprint density at radius 1 is 0.526 bits per heavy atom. The molecule has 0 N–H and O–H groups in total. The van der Waals surface area contributed by atoms with Crippen LogP contribution in [0.1, 0.15) is 0 Å². The quantitative estimate of drug-likeness (QED) is 0.545. The van der Waals surface area contributed by atoms with Gasteiger partial charge in [0.1, 0.15) is 6.17 Å². The van der Waals surface area contributed by atoms with E-state index in [2.05, 4.69) is 0 Å². The fraction of sp³-hybridized carbons (Fsp3) is 0.714. The average Bonchev–Trinajstić information content (AvgIpc) is 2.14. The SMILES string of the molecule is FC#CC(F)(F)C(F)(F)C(F)(F)C(F)(F)C(F)(F)F. The summed E-state index contributed by atoms with van der Waals surface area (Å²) in [5.41, 5.74) is 0. The molecule has 0 aliphatic heterocycles. The predicted molar refractivity (Wildman–Crippen MR) is 34.7 cm³/mol. The van der Waals surface area contributed by atoms with Gasteiger partial charge in [-0.05, 0) is 0 Å². The maximum atomic E-state index is 12.4. The van der Waals surface area contributed by atoms with E-state index in [0.29, 0.717) is 0 Å². The Morgan fingerprint density at radius 2 is 0.895 bits per heavy atom. The van der Waals surface area contributed by atoms with Gasteiger partial charge in [-0.3, -0.25) is 0 Å². The zero-order valence-electron chi connectivity index (χ0n) is 8.04. The Kier molecular flexibility index (Phi) is 4.08. The van der Waals surface area contributed by atoms with Crippen molar-refractivity contribution in [3.8, 4) is 12.1 Å². The highest BCUT2D eigenvalue weighted by Gasteiger charge is 2.87. The van der Waals surface area contributed by atoms with Gasteiger partial charge in [0, 0.05) is 5.92 Å². The number of alkyl halides is 11. The van der Waals surface area contributed by atoms with Gasteiger partial charge in [0.2, 0.25) is 0 Å². The minimum absolute atomic E-state index is 0.463. The summed E-state index contributed by atoms with van der Waals surface area (Å²) >= 11 is 0. The highest BCUT2D eigenvalue weighted by molar-refractivity contribution is 5.17. The second kappa shape index (κ2) is 4.38. The van der Waals surface area contributed by atoms with Crippen LogP contribution in [0.15, 0.2) is 0 Å². The zero-order chi connectivity index (χ0) is 15.9. The van der Waals surface area contributed by atoms with E-state index in [1.807, 2.05) is 0 Å². The van der Waals surface area contributed by atoms with Crippen molar-refractivity contribution in [1.82, 2.24) is 0 Å². The first-order chi connectivity index (χ1) is 8.06. The highest BCUT2D eigenvalue weighted by Crippen LogP contribution is 2.57. The summed E-state index contributed by atoms with van der Waals surface area (Å²) < 4.78 is 144. The van der Waals surface area contributed by atoms with E-state index in [-0.39, 0.29) is 0 Å². The molecule has 0 bridgehead atoms. The van der Waals surface area contributed by atoms with Crippen LogP contribution in [0.3, 0.4) is 0 Å². The van der Waals surface area contributed by atoms with Crippen LogP contribution in [0, 0.1) is 12.1 Å². The summed E-state index contributed by atoms with van der Waals surface area (Å²) in [4.78, 5) is 0. The molecule has 0 aromatic heterocycles. The maximum absolute atomic E-state index is 12.4. The van der Waals surface area contributed by atoms with Gasteiger partial charge in [0.15, 0.2) is 0 Å². The molecule has 0 radical (unpaired) electrons. The van der Waals surface area contributed by atoms with E-state index >= 15 is 0 Å². The van der Waals surface area contributed by atoms with E-state index in [9.17, 15) is 52.7 Å². The third-order valence-electron chi connectivity index (χ3n) is 1.74. The van der Waals surface area contributed by atoms with Crippen molar-refractivity contribution in [2.75, 3.05) is 0 Å². The molecule has 0 aliphatic carbocycles. The van der Waals surface area contributed by atoms with Crippen molar-refractivity contribution in [1.29, 1.82) is 0 Å². The molecule has 0 aromatic carbocycles. The zero-order valence-corrected chi connectivity index (χ0v) is 8.04. The Hall–Kier alpha value is -1.28. The van der Waals surface area contributed by atoms with Crippen LogP contribution in [-0.4, -0.2) is 29.9 Å². The van der Waals surface area contributed by atoms with E-state index in [1.165, 1.54) is 0 Å². The van der Waals surface area contributed by atoms with Crippen LogP contribution in [0.4, 0.5) is 52.7 Å². The van der Waals surface area contributed by atoms with Crippen molar-refractivity contribution in [3.63, 3.8) is 0 Å². The van der Waals surface area contributed by atoms with Crippen molar-refractivity contribution < 1.29 is 52.7 Å². The molecule has 0 unspecified atom stereocenters. The minimum atomic E-state index is -7.55. The van der Waals surface area contributed by atoms with Crippen molar-refractivity contribution in [2.45, 2.75) is 29.9 Å². The fourth-order valence-electron chi connectivity index (χ4n) is 0.710. The lowest BCUT2D eigenvalue weighted by atomic mass is 9.98. The molecule has 0 heterocycles. The number of rotatable bonds is 3. The maximum Gasteiger partial charge on any atom is 0.460 e. The molecule has 0 atom stereocenters. The first kappa shape index (κ1) is 17.7. The summed E-state index contributed by atoms with van der Waals surface area (Å²) in [6, 6.07) is 0. The molecule has 12 heteroatoms. The Bertz CT molecular complexity index is 391. The van der Waals surface area contributed by atoms with E-state index in [1.54, 1.807) is 0 Å². The predicted octanol–water partition coefficient (Wildman–Crippen LogP) is 4.02. The van der Waals surface area contributed by atoms with E-state index in [4.69, 9.17) is 0 Å². The summed E-state index contributed by atoms with van der Waals surface area (Å²) in [5, 5.41) is 0. The third kappa shape index (κ3) is 2.42. The first-order valence-corrected chi connectivity index (χ1v) is 3.77.